The highest BCUT2D eigenvalue weighted by Crippen LogP contribution is 2.36. The highest BCUT2D eigenvalue weighted by molar-refractivity contribution is 6.26. The van der Waals surface area contributed by atoms with Crippen LogP contribution in [-0.2, 0) is 43.0 Å². The van der Waals surface area contributed by atoms with Crippen LogP contribution in [0.2, 0.25) is 0 Å². The maximum Gasteiger partial charge on any atom is 0.410 e. The third kappa shape index (κ3) is 19.6. The van der Waals surface area contributed by atoms with Crippen molar-refractivity contribution in [3.8, 4) is 0 Å². The summed E-state index contributed by atoms with van der Waals surface area (Å²) in [6.45, 7) is 28.7. The Hall–Kier alpha value is -9.76. The summed E-state index contributed by atoms with van der Waals surface area (Å²) in [5, 5.41) is 13.3. The number of likely N-dealkylation sites (tertiary alicyclic amines) is 2. The molecule has 0 radical (unpaired) electrons. The number of nitrogens with zero attached hydrogens (tertiary/aromatic N) is 10. The van der Waals surface area contributed by atoms with Crippen molar-refractivity contribution in [3.05, 3.63) is 88.0 Å². The molecule has 0 aliphatic carbocycles. The number of ether oxygens (including phenoxy) is 2. The van der Waals surface area contributed by atoms with Crippen molar-refractivity contribution in [1.82, 2.24) is 60.9 Å². The molecule has 0 aromatic heterocycles. The molecular weight excluding hydrogens is 1470 g/mol. The number of amides is 14. The minimum atomic E-state index is -0.960. The van der Waals surface area contributed by atoms with E-state index in [1.54, 1.807) is 46.2 Å². The summed E-state index contributed by atoms with van der Waals surface area (Å²) in [6, 6.07) is 13.1. The number of fused-ring (bicyclic) bond motifs is 3. The zero-order valence-corrected chi connectivity index (χ0v) is 65.5. The zero-order chi connectivity index (χ0) is 79.2. The Labute approximate surface area is 657 Å². The van der Waals surface area contributed by atoms with Gasteiger partial charge in [0.05, 0.1) is 33.4 Å². The standard InChI is InChI=1S/C28H37N5O6.C23H29N5O4.C17H18N4O4.C11H19NO3.ClH/c1-28(2,3)39-27(38)32-10-8-18(9-11-32)17-30-12-14-31(15-13-30)19-4-5-20-21(16-19)26(37)33(25(20)36)22-6-7-23(34)29-24(22)35;29-20-4-3-19(21(30)25-20)28-22(31)17-2-1-16(13-18(17)23(28)32)27-11-9-26(10-12-27)14-15-5-7-24-8-6-15;22-14-4-3-13(15(23)19-14)21-16(24)11-2-1-10(9-12(11)17(21)25)20-7-5-18-6-8-20;1-11(2,3)15-10(14)12-6-4-9(8-13)5-7-12;/h4-5,16,18,22H,6-15,17H2,1-3H3,(H,29,34,35);1-2,13,15,19,24H,3-12,14H2,(H,25,29,30);1-2,9,13,18H,3-8H2,(H,19,22,23);8-9H,4-7H2,1-3H3;1H. The molecule has 0 spiro atoms. The Morgan fingerprint density at radius 2 is 0.688 bits per heavy atom. The van der Waals surface area contributed by atoms with Crippen LogP contribution >= 0.6 is 12.4 Å². The largest absolute Gasteiger partial charge is 0.444 e. The number of carbonyl (C=O) groups excluding carboxylic acids is 15. The minimum absolute atomic E-state index is 0. The number of anilines is 3. The number of hydrogen-bond donors (Lipinski definition) is 5. The molecule has 112 heavy (non-hydrogen) atoms. The van der Waals surface area contributed by atoms with Crippen molar-refractivity contribution < 1.29 is 81.4 Å². The van der Waals surface area contributed by atoms with Gasteiger partial charge in [-0.2, -0.15) is 0 Å². The molecule has 5 N–H and O–H groups in total. The third-order valence-electron chi connectivity index (χ3n) is 22.4. The number of nitrogens with one attached hydrogen (secondary N) is 5. The van der Waals surface area contributed by atoms with Crippen molar-refractivity contribution >= 4 is 119 Å². The van der Waals surface area contributed by atoms with Gasteiger partial charge in [0, 0.05) is 160 Å². The molecule has 14 amide bonds. The summed E-state index contributed by atoms with van der Waals surface area (Å²) in [5.41, 5.74) is 3.68. The lowest BCUT2D eigenvalue weighted by Crippen LogP contribution is -2.54. The number of benzene rings is 3. The Kier molecular flexibility index (Phi) is 26.7. The van der Waals surface area contributed by atoms with E-state index in [1.807, 2.05) is 59.7 Å². The molecule has 33 heteroatoms. The van der Waals surface area contributed by atoms with E-state index in [9.17, 15) is 71.9 Å². The number of piperazine rings is 3. The molecular formula is C79H104ClN15O17. The van der Waals surface area contributed by atoms with Gasteiger partial charge < -0.3 is 49.4 Å². The zero-order valence-electron chi connectivity index (χ0n) is 64.7. The number of imide groups is 6. The lowest BCUT2D eigenvalue weighted by Gasteiger charge is -2.39. The smallest absolute Gasteiger partial charge is 0.410 e. The van der Waals surface area contributed by atoms with Crippen LogP contribution in [0.15, 0.2) is 54.6 Å². The van der Waals surface area contributed by atoms with Crippen LogP contribution in [0, 0.1) is 17.8 Å². The van der Waals surface area contributed by atoms with E-state index in [2.05, 4.69) is 51.1 Å². The van der Waals surface area contributed by atoms with Crippen LogP contribution in [0.3, 0.4) is 0 Å². The SMILES string of the molecule is CC(C)(C)OC(=O)N1CCC(C=O)CC1.CC(C)(C)OC(=O)N1CCC(CN2CCN(c3ccc4c(c3)C(=O)N(C3CCC(=O)NC3=O)C4=O)CC2)CC1.Cl.O=C1CCC(N2C(=O)c3ccc(N4CCN(CC5CCNCC5)CC4)cc3C2=O)C(=O)N1.O=C1CCC(N2C(=O)c3ccc(N4CCNCC4)cc3C2=O)C(=O)N1. The first-order valence-electron chi connectivity index (χ1n) is 39.1. The predicted octanol–water partition coefficient (Wildman–Crippen LogP) is 3.82. The summed E-state index contributed by atoms with van der Waals surface area (Å²) in [5.74, 6) is -4.31. The molecule has 9 saturated heterocycles. The number of piperidine rings is 6. The van der Waals surface area contributed by atoms with Crippen LogP contribution < -0.4 is 41.3 Å². The fourth-order valence-electron chi connectivity index (χ4n) is 16.2. The van der Waals surface area contributed by atoms with Crippen LogP contribution in [0.5, 0.6) is 0 Å². The van der Waals surface area contributed by atoms with Gasteiger partial charge in [0.1, 0.15) is 35.6 Å². The molecule has 3 aromatic carbocycles. The Bertz CT molecular complexity index is 4140. The normalized spacial score (nSPS) is 23.1. The highest BCUT2D eigenvalue weighted by Gasteiger charge is 2.48. The maximum absolute atomic E-state index is 13.2. The molecule has 12 aliphatic rings. The predicted molar refractivity (Wildman–Crippen MR) is 412 cm³/mol. The second-order valence-corrected chi connectivity index (χ2v) is 32.4. The summed E-state index contributed by atoms with van der Waals surface area (Å²) < 4.78 is 10.7. The fraction of sp³-hybridized carbons (Fsp3) is 0.582. The van der Waals surface area contributed by atoms with Gasteiger partial charge in [-0.3, -0.25) is 98.0 Å². The van der Waals surface area contributed by atoms with Gasteiger partial charge in [0.25, 0.3) is 35.4 Å². The van der Waals surface area contributed by atoms with Gasteiger partial charge in [0.2, 0.25) is 35.4 Å². The third-order valence-corrected chi connectivity index (χ3v) is 22.4. The van der Waals surface area contributed by atoms with Crippen LogP contribution in [0.4, 0.5) is 26.7 Å². The second kappa shape index (κ2) is 35.9. The van der Waals surface area contributed by atoms with Gasteiger partial charge in [-0.15, -0.1) is 12.4 Å². The Balaban J connectivity index is 0.000000154. The fourth-order valence-corrected chi connectivity index (χ4v) is 16.2. The molecule has 15 rings (SSSR count). The minimum Gasteiger partial charge on any atom is -0.444 e. The van der Waals surface area contributed by atoms with E-state index < -0.39 is 82.5 Å². The average molecular weight is 1570 g/mol. The molecule has 9 fully saturated rings. The van der Waals surface area contributed by atoms with Crippen molar-refractivity contribution in [2.75, 3.05) is 146 Å². The summed E-state index contributed by atoms with van der Waals surface area (Å²) in [6.07, 6.45) is 7.21. The number of rotatable bonds is 11. The van der Waals surface area contributed by atoms with Crippen molar-refractivity contribution in [2.24, 2.45) is 17.8 Å². The molecule has 3 atom stereocenters. The quantitative estimate of drug-likeness (QED) is 0.135. The molecule has 32 nitrogen and oxygen atoms in total. The average Bonchev–Trinajstić information content (AvgIpc) is 1.62. The van der Waals surface area contributed by atoms with E-state index in [4.69, 9.17) is 9.47 Å². The molecule has 0 bridgehead atoms. The Morgan fingerprint density at radius 3 is 1.01 bits per heavy atom. The number of carbonyl (C=O) groups is 15. The van der Waals surface area contributed by atoms with Gasteiger partial charge in [-0.05, 0) is 179 Å². The molecule has 3 unspecified atom stereocenters. The first kappa shape index (κ1) is 83.2. The van der Waals surface area contributed by atoms with Crippen LogP contribution in [-0.4, -0.2) is 284 Å². The number of hydrogen-bond acceptors (Lipinski definition) is 24. The first-order chi connectivity index (χ1) is 53.0. The van der Waals surface area contributed by atoms with Gasteiger partial charge in [0.15, 0.2) is 0 Å². The molecule has 12 aliphatic heterocycles. The lowest BCUT2D eigenvalue weighted by atomic mass is 9.96. The monoisotopic (exact) mass is 1570 g/mol. The second-order valence-electron chi connectivity index (χ2n) is 32.4. The summed E-state index contributed by atoms with van der Waals surface area (Å²) in [7, 11) is 0. The lowest BCUT2D eigenvalue weighted by molar-refractivity contribution is -0.137. The van der Waals surface area contributed by atoms with Gasteiger partial charge in [-0.25, -0.2) is 9.59 Å². The van der Waals surface area contributed by atoms with Gasteiger partial charge >= 0.3 is 12.2 Å². The summed E-state index contributed by atoms with van der Waals surface area (Å²) in [4.78, 5) is 201. The van der Waals surface area contributed by atoms with Crippen molar-refractivity contribution in [3.63, 3.8) is 0 Å². The molecule has 0 saturated carbocycles. The molecule has 12 heterocycles. The van der Waals surface area contributed by atoms with Crippen molar-refractivity contribution in [1.29, 1.82) is 0 Å². The van der Waals surface area contributed by atoms with E-state index >= 15 is 0 Å². The Morgan fingerprint density at radius 1 is 0.384 bits per heavy atom. The molecule has 604 valence electrons. The summed E-state index contributed by atoms with van der Waals surface area (Å²) >= 11 is 0. The van der Waals surface area contributed by atoms with E-state index in [-0.39, 0.29) is 86.8 Å². The van der Waals surface area contributed by atoms with Gasteiger partial charge in [-0.1, -0.05) is 0 Å². The number of halogens is 1. The number of aldehydes is 1. The topological polar surface area (TPSA) is 367 Å². The first-order valence-corrected chi connectivity index (χ1v) is 39.1. The maximum atomic E-state index is 13.2. The van der Waals surface area contributed by atoms with E-state index in [1.165, 1.54) is 12.8 Å². The van der Waals surface area contributed by atoms with Crippen LogP contribution in [0.1, 0.15) is 181 Å². The van der Waals surface area contributed by atoms with Crippen molar-refractivity contribution in [2.45, 2.75) is 148 Å². The van der Waals surface area contributed by atoms with E-state index in [0.717, 1.165) is 187 Å². The van der Waals surface area contributed by atoms with Crippen LogP contribution in [0.25, 0.3) is 0 Å². The highest BCUT2D eigenvalue weighted by atomic mass is 35.5. The molecule has 3 aromatic rings. The van der Waals surface area contributed by atoms with E-state index in [0.29, 0.717) is 52.4 Å².